The van der Waals surface area contributed by atoms with Crippen LogP contribution in [-0.2, 0) is 17.8 Å². The van der Waals surface area contributed by atoms with Crippen LogP contribution < -0.4 is 10.5 Å². The van der Waals surface area contributed by atoms with Crippen LogP contribution in [0.4, 0.5) is 5.69 Å². The summed E-state index contributed by atoms with van der Waals surface area (Å²) in [6.07, 6.45) is 0.178. The highest BCUT2D eigenvalue weighted by molar-refractivity contribution is 6.30. The Kier molecular flexibility index (Phi) is 7.03. The van der Waals surface area contributed by atoms with Crippen LogP contribution in [-0.4, -0.2) is 33.7 Å². The average molecular weight is 426 g/mol. The molecule has 0 saturated carbocycles. The van der Waals surface area contributed by atoms with Crippen molar-refractivity contribution in [3.8, 4) is 11.4 Å². The van der Waals surface area contributed by atoms with Crippen LogP contribution in [0.5, 0.6) is 0 Å². The molecule has 6 nitrogen and oxygen atoms in total. The molecule has 0 spiro atoms. The molecule has 156 valence electrons. The molecule has 0 aliphatic rings. The Morgan fingerprint density at radius 3 is 2.53 bits per heavy atom. The Hall–Kier alpha value is -2.96. The van der Waals surface area contributed by atoms with E-state index in [4.69, 9.17) is 11.6 Å². The largest absolute Gasteiger partial charge is 0.396 e. The monoisotopic (exact) mass is 425 g/mol. The Labute approximate surface area is 180 Å². The molecule has 3 aromatic rings. The summed E-state index contributed by atoms with van der Waals surface area (Å²) in [6.45, 7) is 3.74. The predicted octanol–water partition coefficient (Wildman–Crippen LogP) is 3.46. The Morgan fingerprint density at radius 1 is 1.17 bits per heavy atom. The zero-order valence-corrected chi connectivity index (χ0v) is 17.8. The van der Waals surface area contributed by atoms with Gasteiger partial charge in [0.2, 0.25) is 5.91 Å². The molecule has 0 saturated heterocycles. The molecule has 30 heavy (non-hydrogen) atoms. The van der Waals surface area contributed by atoms with E-state index in [1.54, 1.807) is 36.1 Å². The normalized spacial score (nSPS) is 10.8. The lowest BCUT2D eigenvalue weighted by Gasteiger charge is -2.23. The van der Waals surface area contributed by atoms with Crippen molar-refractivity contribution >= 4 is 23.2 Å². The maximum atomic E-state index is 13.2. The number of hydrogen-bond donors (Lipinski definition) is 1. The minimum atomic E-state index is -0.330. The van der Waals surface area contributed by atoms with Crippen molar-refractivity contribution in [2.75, 3.05) is 18.1 Å². The second kappa shape index (κ2) is 9.69. The molecular formula is C23H24ClN3O3. The Balaban J connectivity index is 2.10. The lowest BCUT2D eigenvalue weighted by molar-refractivity contribution is -0.119. The molecule has 7 heteroatoms. The van der Waals surface area contributed by atoms with Gasteiger partial charge < -0.3 is 10.0 Å². The maximum absolute atomic E-state index is 13.2. The number of carbonyl (C=O) groups excluding carboxylic acids is 1. The highest BCUT2D eigenvalue weighted by atomic mass is 35.5. The molecule has 0 unspecified atom stereocenters. The number of carbonyl (C=O) groups is 1. The van der Waals surface area contributed by atoms with E-state index >= 15 is 0 Å². The molecule has 0 aliphatic carbocycles. The summed E-state index contributed by atoms with van der Waals surface area (Å²) in [6, 6.07) is 16.3. The third-order valence-corrected chi connectivity index (χ3v) is 5.13. The van der Waals surface area contributed by atoms with E-state index in [0.29, 0.717) is 34.2 Å². The molecular weight excluding hydrogens is 402 g/mol. The van der Waals surface area contributed by atoms with Crippen molar-refractivity contribution in [1.82, 2.24) is 9.55 Å². The van der Waals surface area contributed by atoms with E-state index in [0.717, 1.165) is 5.69 Å². The average Bonchev–Trinajstić information content (AvgIpc) is 2.74. The van der Waals surface area contributed by atoms with Crippen molar-refractivity contribution in [3.05, 3.63) is 81.2 Å². The van der Waals surface area contributed by atoms with Crippen LogP contribution in [0, 0.1) is 6.92 Å². The number of aliphatic hydroxyl groups is 1. The van der Waals surface area contributed by atoms with Gasteiger partial charge in [-0.2, -0.15) is 0 Å². The number of hydrogen-bond acceptors (Lipinski definition) is 4. The number of benzene rings is 2. The second-order valence-electron chi connectivity index (χ2n) is 6.85. The summed E-state index contributed by atoms with van der Waals surface area (Å²) in [5, 5.41) is 9.88. The number of nitrogens with zero attached hydrogens (tertiary/aromatic N) is 3. The first-order valence-corrected chi connectivity index (χ1v) is 10.2. The van der Waals surface area contributed by atoms with Crippen molar-refractivity contribution in [2.45, 2.75) is 26.8 Å². The molecule has 1 aromatic heterocycles. The first kappa shape index (κ1) is 21.7. The molecule has 0 bridgehead atoms. The lowest BCUT2D eigenvalue weighted by atomic mass is 10.1. The lowest BCUT2D eigenvalue weighted by Crippen LogP contribution is -2.38. The van der Waals surface area contributed by atoms with Crippen molar-refractivity contribution in [3.63, 3.8) is 0 Å². The van der Waals surface area contributed by atoms with E-state index in [1.807, 2.05) is 37.3 Å². The van der Waals surface area contributed by atoms with Gasteiger partial charge in [0, 0.05) is 47.1 Å². The molecule has 1 heterocycles. The third kappa shape index (κ3) is 4.61. The highest BCUT2D eigenvalue weighted by Gasteiger charge is 2.21. The second-order valence-corrected chi connectivity index (χ2v) is 7.28. The van der Waals surface area contributed by atoms with Gasteiger partial charge in [-0.25, -0.2) is 4.98 Å². The van der Waals surface area contributed by atoms with Crippen LogP contribution in [0.25, 0.3) is 11.4 Å². The van der Waals surface area contributed by atoms with E-state index in [9.17, 15) is 14.7 Å². The zero-order chi connectivity index (χ0) is 21.7. The van der Waals surface area contributed by atoms with E-state index < -0.39 is 0 Å². The molecule has 3 rings (SSSR count). The quantitative estimate of drug-likeness (QED) is 0.629. The van der Waals surface area contributed by atoms with Crippen molar-refractivity contribution in [2.24, 2.45) is 0 Å². The van der Waals surface area contributed by atoms with Gasteiger partial charge in [-0.15, -0.1) is 0 Å². The fourth-order valence-electron chi connectivity index (χ4n) is 3.43. The van der Waals surface area contributed by atoms with Gasteiger partial charge in [0.15, 0.2) is 0 Å². The first-order chi connectivity index (χ1) is 14.5. The van der Waals surface area contributed by atoms with E-state index in [1.165, 1.54) is 4.57 Å². The van der Waals surface area contributed by atoms with Gasteiger partial charge in [-0.05, 0) is 38.1 Å². The summed E-state index contributed by atoms with van der Waals surface area (Å²) in [4.78, 5) is 32.6. The Bertz CT molecular complexity index is 1100. The molecule has 0 atom stereocenters. The topological polar surface area (TPSA) is 75.4 Å². The van der Waals surface area contributed by atoms with Crippen molar-refractivity contribution in [1.29, 1.82) is 0 Å². The summed E-state index contributed by atoms with van der Waals surface area (Å²) >= 11 is 6.14. The smallest absolute Gasteiger partial charge is 0.257 e. The summed E-state index contributed by atoms with van der Waals surface area (Å²) < 4.78 is 1.37. The molecule has 1 amide bonds. The first-order valence-electron chi connectivity index (χ1n) is 9.78. The number of anilines is 1. The van der Waals surface area contributed by atoms with Gasteiger partial charge in [0.05, 0.1) is 0 Å². The SMILES string of the molecule is CCN(C(=O)Cn1c(-c2cccc(Cl)c2)nc(C)c(CCO)c1=O)c1ccccc1. The summed E-state index contributed by atoms with van der Waals surface area (Å²) in [7, 11) is 0. The fraction of sp³-hybridized carbons (Fsp3) is 0.261. The third-order valence-electron chi connectivity index (χ3n) is 4.89. The molecule has 0 aliphatic heterocycles. The summed E-state index contributed by atoms with van der Waals surface area (Å²) in [5.41, 5.74) is 2.01. The predicted molar refractivity (Wildman–Crippen MR) is 119 cm³/mol. The minimum absolute atomic E-state index is 0.172. The van der Waals surface area contributed by atoms with Crippen LogP contribution in [0.3, 0.4) is 0 Å². The van der Waals surface area contributed by atoms with Crippen LogP contribution in [0.1, 0.15) is 18.2 Å². The number of para-hydroxylation sites is 1. The van der Waals surface area contributed by atoms with Crippen molar-refractivity contribution < 1.29 is 9.90 Å². The van der Waals surface area contributed by atoms with Gasteiger partial charge >= 0.3 is 0 Å². The maximum Gasteiger partial charge on any atom is 0.257 e. The molecule has 2 aromatic carbocycles. The number of halogens is 1. The number of aliphatic hydroxyl groups excluding tert-OH is 1. The van der Waals surface area contributed by atoms with Gasteiger partial charge in [0.1, 0.15) is 12.4 Å². The summed E-state index contributed by atoms with van der Waals surface area (Å²) in [5.74, 6) is 0.147. The number of aromatic nitrogens is 2. The number of rotatable bonds is 7. The van der Waals surface area contributed by atoms with Crippen LogP contribution in [0.2, 0.25) is 5.02 Å². The highest BCUT2D eigenvalue weighted by Crippen LogP contribution is 2.22. The molecule has 1 N–H and O–H groups in total. The minimum Gasteiger partial charge on any atom is -0.396 e. The molecule has 0 radical (unpaired) electrons. The van der Waals surface area contributed by atoms with Gasteiger partial charge in [-0.1, -0.05) is 41.9 Å². The molecule has 0 fully saturated rings. The van der Waals surface area contributed by atoms with Crippen LogP contribution >= 0.6 is 11.6 Å². The van der Waals surface area contributed by atoms with Crippen LogP contribution in [0.15, 0.2) is 59.4 Å². The standard InChI is InChI=1S/C23H24ClN3O3/c1-3-26(19-10-5-4-6-11-19)21(29)15-27-22(17-8-7-9-18(24)14-17)25-16(2)20(12-13-28)23(27)30/h4-11,14,28H,3,12-13,15H2,1-2H3. The zero-order valence-electron chi connectivity index (χ0n) is 17.0. The number of amides is 1. The van der Waals surface area contributed by atoms with E-state index in [2.05, 4.69) is 4.98 Å². The number of aryl methyl sites for hydroxylation is 1. The number of likely N-dealkylation sites (N-methyl/N-ethyl adjacent to an activating group) is 1. The fourth-order valence-corrected chi connectivity index (χ4v) is 3.62. The van der Waals surface area contributed by atoms with E-state index in [-0.39, 0.29) is 31.0 Å². The van der Waals surface area contributed by atoms with Gasteiger partial charge in [-0.3, -0.25) is 14.2 Å². The Morgan fingerprint density at radius 2 is 1.90 bits per heavy atom. The van der Waals surface area contributed by atoms with Gasteiger partial charge in [0.25, 0.3) is 5.56 Å².